The fraction of sp³-hybridized carbons (Fsp3) is 0.188. The van der Waals surface area contributed by atoms with Crippen molar-refractivity contribution in [2.45, 2.75) is 11.4 Å². The normalized spacial score (nSPS) is 11.6. The summed E-state index contributed by atoms with van der Waals surface area (Å²) < 4.78 is 26.8. The quantitative estimate of drug-likeness (QED) is 0.629. The Labute approximate surface area is 140 Å². The lowest BCUT2D eigenvalue weighted by atomic mass is 10.2. The van der Waals surface area contributed by atoms with Crippen LogP contribution in [0.1, 0.15) is 15.9 Å². The van der Waals surface area contributed by atoms with Crippen molar-refractivity contribution < 1.29 is 18.3 Å². The largest absolute Gasteiger partial charge is 0.398 e. The van der Waals surface area contributed by atoms with Gasteiger partial charge in [0.25, 0.3) is 0 Å². The number of aliphatic hydroxyl groups is 1. The number of nitrogens with two attached hydrogens (primary N) is 2. The van der Waals surface area contributed by atoms with E-state index in [4.69, 9.17) is 11.5 Å². The van der Waals surface area contributed by atoms with E-state index < -0.39 is 15.9 Å². The van der Waals surface area contributed by atoms with Crippen LogP contribution in [-0.2, 0) is 16.6 Å². The highest BCUT2D eigenvalue weighted by Gasteiger charge is 2.26. The first-order chi connectivity index (χ1) is 11.4. The van der Waals surface area contributed by atoms with E-state index in [1.807, 2.05) is 6.07 Å². The van der Waals surface area contributed by atoms with Gasteiger partial charge in [0.05, 0.1) is 12.3 Å². The van der Waals surface area contributed by atoms with Crippen LogP contribution in [0.3, 0.4) is 0 Å². The van der Waals surface area contributed by atoms with Crippen molar-refractivity contribution in [1.82, 2.24) is 4.31 Å². The predicted octanol–water partition coefficient (Wildman–Crippen LogP) is 0.551. The van der Waals surface area contributed by atoms with Gasteiger partial charge < -0.3 is 16.6 Å². The molecule has 0 fully saturated rings. The van der Waals surface area contributed by atoms with Crippen LogP contribution < -0.4 is 11.5 Å². The number of primary amides is 1. The van der Waals surface area contributed by atoms with Gasteiger partial charge >= 0.3 is 0 Å². The Balaban J connectivity index is 2.39. The van der Waals surface area contributed by atoms with E-state index >= 15 is 0 Å². The highest BCUT2D eigenvalue weighted by atomic mass is 32.2. The Kier molecular flexibility index (Phi) is 5.55. The molecule has 0 aliphatic heterocycles. The van der Waals surface area contributed by atoms with Crippen LogP contribution in [0.2, 0.25) is 0 Å². The number of nitrogen functional groups attached to an aromatic ring is 1. The first-order valence-corrected chi connectivity index (χ1v) is 8.64. The Morgan fingerprint density at radius 2 is 1.79 bits per heavy atom. The van der Waals surface area contributed by atoms with Crippen LogP contribution in [0.25, 0.3) is 0 Å². The zero-order valence-corrected chi connectivity index (χ0v) is 13.7. The van der Waals surface area contributed by atoms with Crippen LogP contribution in [-0.4, -0.2) is 36.9 Å². The number of carbonyl (C=O) groups is 1. The number of anilines is 1. The molecule has 5 N–H and O–H groups in total. The molecule has 0 spiro atoms. The maximum Gasteiger partial charge on any atom is 0.248 e. The summed E-state index contributed by atoms with van der Waals surface area (Å²) in [4.78, 5) is 11.0. The molecule has 0 saturated heterocycles. The van der Waals surface area contributed by atoms with E-state index in [9.17, 15) is 18.3 Å². The summed E-state index contributed by atoms with van der Waals surface area (Å²) >= 11 is 0. The summed E-state index contributed by atoms with van der Waals surface area (Å²) in [5, 5.41) is 9.21. The molecular formula is C16H19N3O4S. The zero-order valence-electron chi connectivity index (χ0n) is 12.9. The average Bonchev–Trinajstić information content (AvgIpc) is 2.55. The zero-order chi connectivity index (χ0) is 17.7. The molecule has 0 aromatic heterocycles. The molecule has 128 valence electrons. The van der Waals surface area contributed by atoms with Gasteiger partial charge in [-0.15, -0.1) is 0 Å². The highest BCUT2D eigenvalue weighted by Crippen LogP contribution is 2.24. The third-order valence-electron chi connectivity index (χ3n) is 3.46. The summed E-state index contributed by atoms with van der Waals surface area (Å²) in [7, 11) is -3.94. The van der Waals surface area contributed by atoms with Crippen molar-refractivity contribution in [3.63, 3.8) is 0 Å². The summed E-state index contributed by atoms with van der Waals surface area (Å²) in [5.41, 5.74) is 11.8. The lowest BCUT2D eigenvalue weighted by molar-refractivity contribution is 0.1000. The smallest absolute Gasteiger partial charge is 0.248 e. The second-order valence-corrected chi connectivity index (χ2v) is 7.07. The predicted molar refractivity (Wildman–Crippen MR) is 90.5 cm³/mol. The molecule has 0 heterocycles. The molecule has 8 heteroatoms. The second-order valence-electron chi connectivity index (χ2n) is 5.16. The lowest BCUT2D eigenvalue weighted by Gasteiger charge is -2.22. The van der Waals surface area contributed by atoms with Gasteiger partial charge in [-0.1, -0.05) is 30.3 Å². The molecule has 0 bridgehead atoms. The molecular weight excluding hydrogens is 330 g/mol. The Morgan fingerprint density at radius 3 is 2.33 bits per heavy atom. The van der Waals surface area contributed by atoms with Gasteiger partial charge in [0, 0.05) is 18.7 Å². The number of benzene rings is 2. The van der Waals surface area contributed by atoms with Gasteiger partial charge in [0.2, 0.25) is 15.9 Å². The van der Waals surface area contributed by atoms with Crippen LogP contribution in [0.5, 0.6) is 0 Å². The topological polar surface area (TPSA) is 127 Å². The van der Waals surface area contributed by atoms with Gasteiger partial charge in [0.1, 0.15) is 4.90 Å². The number of rotatable bonds is 7. The van der Waals surface area contributed by atoms with Crippen LogP contribution in [0, 0.1) is 0 Å². The van der Waals surface area contributed by atoms with Crippen molar-refractivity contribution in [3.05, 3.63) is 59.7 Å². The van der Waals surface area contributed by atoms with E-state index in [-0.39, 0.29) is 35.8 Å². The van der Waals surface area contributed by atoms with E-state index in [2.05, 4.69) is 0 Å². The van der Waals surface area contributed by atoms with E-state index in [1.165, 1.54) is 18.2 Å². The van der Waals surface area contributed by atoms with Crippen LogP contribution in [0.15, 0.2) is 53.4 Å². The van der Waals surface area contributed by atoms with E-state index in [0.29, 0.717) is 0 Å². The van der Waals surface area contributed by atoms with Gasteiger partial charge in [-0.2, -0.15) is 4.31 Å². The lowest BCUT2D eigenvalue weighted by Crippen LogP contribution is -2.33. The fourth-order valence-electron chi connectivity index (χ4n) is 2.26. The molecule has 7 nitrogen and oxygen atoms in total. The number of carbonyl (C=O) groups excluding carboxylic acids is 1. The number of nitrogens with zero attached hydrogens (tertiary/aromatic N) is 1. The number of amides is 1. The second kappa shape index (κ2) is 7.43. The third kappa shape index (κ3) is 3.91. The molecule has 2 aromatic carbocycles. The SMILES string of the molecule is NC(=O)c1ccc(S(=O)(=O)N(CCO)Cc2ccccc2)c(N)c1. The minimum absolute atomic E-state index is 0.0673. The maximum atomic E-state index is 12.8. The van der Waals surface area contributed by atoms with Crippen molar-refractivity contribution >= 4 is 21.6 Å². The first kappa shape index (κ1) is 17.9. The first-order valence-electron chi connectivity index (χ1n) is 7.20. The molecule has 0 aliphatic rings. The molecule has 0 unspecified atom stereocenters. The fourth-order valence-corrected chi connectivity index (χ4v) is 3.77. The van der Waals surface area contributed by atoms with Gasteiger partial charge in [-0.05, 0) is 23.8 Å². The summed E-state index contributed by atoms with van der Waals surface area (Å²) in [5.74, 6) is -0.692. The average molecular weight is 349 g/mol. The summed E-state index contributed by atoms with van der Waals surface area (Å²) in [6.45, 7) is -0.305. The Hall–Kier alpha value is -2.42. The van der Waals surface area contributed by atoms with Crippen molar-refractivity contribution in [2.24, 2.45) is 5.73 Å². The molecule has 0 radical (unpaired) electrons. The Morgan fingerprint density at radius 1 is 1.12 bits per heavy atom. The molecule has 0 aliphatic carbocycles. The third-order valence-corrected chi connectivity index (χ3v) is 5.38. The molecule has 0 atom stereocenters. The minimum Gasteiger partial charge on any atom is -0.398 e. The maximum absolute atomic E-state index is 12.8. The van der Waals surface area contributed by atoms with E-state index in [1.54, 1.807) is 24.3 Å². The molecule has 2 aromatic rings. The number of sulfonamides is 1. The van der Waals surface area contributed by atoms with Crippen LogP contribution in [0.4, 0.5) is 5.69 Å². The van der Waals surface area contributed by atoms with Crippen molar-refractivity contribution in [2.75, 3.05) is 18.9 Å². The molecule has 24 heavy (non-hydrogen) atoms. The van der Waals surface area contributed by atoms with Gasteiger partial charge in [-0.25, -0.2) is 8.42 Å². The minimum atomic E-state index is -3.94. The van der Waals surface area contributed by atoms with E-state index in [0.717, 1.165) is 9.87 Å². The number of hydrogen-bond acceptors (Lipinski definition) is 5. The monoisotopic (exact) mass is 349 g/mol. The summed E-state index contributed by atoms with van der Waals surface area (Å²) in [6.07, 6.45) is 0. The number of hydrogen-bond donors (Lipinski definition) is 3. The van der Waals surface area contributed by atoms with Crippen LogP contribution >= 0.6 is 0 Å². The highest BCUT2D eigenvalue weighted by molar-refractivity contribution is 7.89. The Bertz CT molecular complexity index is 822. The molecule has 0 saturated carbocycles. The summed E-state index contributed by atoms with van der Waals surface area (Å²) in [6, 6.07) is 12.8. The standard InChI is InChI=1S/C16H19N3O4S/c17-14-10-13(16(18)21)6-7-15(14)24(22,23)19(8-9-20)11-12-4-2-1-3-5-12/h1-7,10,20H,8-9,11,17H2,(H2,18,21). The van der Waals surface area contributed by atoms with Crippen molar-refractivity contribution in [1.29, 1.82) is 0 Å². The van der Waals surface area contributed by atoms with Gasteiger partial charge in [-0.3, -0.25) is 4.79 Å². The molecule has 1 amide bonds. The van der Waals surface area contributed by atoms with Gasteiger partial charge in [0.15, 0.2) is 0 Å². The van der Waals surface area contributed by atoms with Crippen molar-refractivity contribution in [3.8, 4) is 0 Å². The molecule has 2 rings (SSSR count). The number of aliphatic hydroxyl groups excluding tert-OH is 1.